The van der Waals surface area contributed by atoms with Crippen LogP contribution in [-0.2, 0) is 10.3 Å². The van der Waals surface area contributed by atoms with Crippen LogP contribution in [0.25, 0.3) is 0 Å². The van der Waals surface area contributed by atoms with Gasteiger partial charge in [0.05, 0.1) is 5.56 Å². The van der Waals surface area contributed by atoms with Crippen LogP contribution in [0.4, 0.5) is 11.4 Å². The highest BCUT2D eigenvalue weighted by Crippen LogP contribution is 2.57. The number of fused-ring (bicyclic) bond motifs is 6. The summed E-state index contributed by atoms with van der Waals surface area (Å²) in [6.07, 6.45) is 0. The van der Waals surface area contributed by atoms with Gasteiger partial charge >= 0.3 is 5.97 Å². The van der Waals surface area contributed by atoms with Crippen molar-refractivity contribution < 1.29 is 14.3 Å². The molecule has 0 radical (unpaired) electrons. The lowest BCUT2D eigenvalue weighted by atomic mass is 9.77. The predicted octanol–water partition coefficient (Wildman–Crippen LogP) is 7.37. The Morgan fingerprint density at radius 1 is 0.824 bits per heavy atom. The number of esters is 1. The molecule has 0 N–H and O–H groups in total. The van der Waals surface area contributed by atoms with E-state index in [1.165, 1.54) is 5.56 Å². The standard InChI is InChI=1S/C29H22ClNO3/c1-3-31(20-11-8-18(2)9-12-20)21-13-14-24-27(17-21)33-26-15-10-19(30)16-25(26)29(24)23-7-5-4-6-22(23)28(32)34-29/h4-17H,3H2,1-2H3. The monoisotopic (exact) mass is 467 g/mol. The van der Waals surface area contributed by atoms with Crippen molar-refractivity contribution in [3.8, 4) is 11.5 Å². The van der Waals surface area contributed by atoms with Gasteiger partial charge in [-0.05, 0) is 62.4 Å². The molecule has 4 aromatic carbocycles. The summed E-state index contributed by atoms with van der Waals surface area (Å²) in [6.45, 7) is 4.99. The zero-order valence-electron chi connectivity index (χ0n) is 18.8. The number of rotatable bonds is 3. The largest absolute Gasteiger partial charge is 0.456 e. The molecule has 0 fully saturated rings. The molecule has 4 nitrogen and oxygen atoms in total. The third-order valence-corrected chi connectivity index (χ3v) is 6.87. The van der Waals surface area contributed by atoms with E-state index in [2.05, 4.69) is 49.1 Å². The first-order chi connectivity index (χ1) is 16.5. The third kappa shape index (κ3) is 2.95. The lowest BCUT2D eigenvalue weighted by Crippen LogP contribution is -2.33. The molecule has 1 unspecified atom stereocenters. The Hall–Kier alpha value is -3.76. The molecule has 0 saturated carbocycles. The van der Waals surface area contributed by atoms with Gasteiger partial charge in [0, 0.05) is 45.7 Å². The number of halogens is 1. The Morgan fingerprint density at radius 2 is 1.59 bits per heavy atom. The van der Waals surface area contributed by atoms with Gasteiger partial charge in [-0.25, -0.2) is 4.79 Å². The second kappa shape index (κ2) is 7.64. The number of nitrogens with zero attached hydrogens (tertiary/aromatic N) is 1. The van der Waals surface area contributed by atoms with Crippen LogP contribution < -0.4 is 9.64 Å². The molecule has 0 aromatic heterocycles. The van der Waals surface area contributed by atoms with Crippen LogP contribution >= 0.6 is 11.6 Å². The Labute approximate surface area is 203 Å². The number of hydrogen-bond donors (Lipinski definition) is 0. The number of hydrogen-bond acceptors (Lipinski definition) is 4. The summed E-state index contributed by atoms with van der Waals surface area (Å²) in [4.78, 5) is 15.2. The molecule has 1 atom stereocenters. The molecular weight excluding hydrogens is 446 g/mol. The quantitative estimate of drug-likeness (QED) is 0.295. The Kier molecular flexibility index (Phi) is 4.68. The van der Waals surface area contributed by atoms with Gasteiger partial charge in [-0.1, -0.05) is 47.5 Å². The molecular formula is C29H22ClNO3. The molecule has 0 bridgehead atoms. The first kappa shape index (κ1) is 20.8. The van der Waals surface area contributed by atoms with Gasteiger partial charge in [0.25, 0.3) is 0 Å². The van der Waals surface area contributed by atoms with E-state index >= 15 is 0 Å². The van der Waals surface area contributed by atoms with Crippen LogP contribution in [0.1, 0.15) is 39.5 Å². The van der Waals surface area contributed by atoms with Gasteiger partial charge in [0.1, 0.15) is 11.5 Å². The zero-order valence-corrected chi connectivity index (χ0v) is 19.6. The van der Waals surface area contributed by atoms with E-state index in [9.17, 15) is 4.79 Å². The number of carbonyl (C=O) groups excluding carboxylic acids is 1. The highest BCUT2D eigenvalue weighted by atomic mass is 35.5. The number of benzene rings is 4. The van der Waals surface area contributed by atoms with Crippen molar-refractivity contribution in [1.29, 1.82) is 0 Å². The number of aryl methyl sites for hydroxylation is 1. The van der Waals surface area contributed by atoms with E-state index in [0.717, 1.165) is 34.6 Å². The molecule has 4 aromatic rings. The fraction of sp³-hybridized carbons (Fsp3) is 0.138. The molecule has 2 heterocycles. The highest BCUT2D eigenvalue weighted by molar-refractivity contribution is 6.30. The lowest BCUT2D eigenvalue weighted by molar-refractivity contribution is 0.0224. The molecule has 6 rings (SSSR count). The summed E-state index contributed by atoms with van der Waals surface area (Å²) in [7, 11) is 0. The van der Waals surface area contributed by atoms with Gasteiger partial charge in [0.15, 0.2) is 5.60 Å². The molecule has 34 heavy (non-hydrogen) atoms. The predicted molar refractivity (Wildman–Crippen MR) is 134 cm³/mol. The van der Waals surface area contributed by atoms with Gasteiger partial charge in [-0.3, -0.25) is 0 Å². The summed E-state index contributed by atoms with van der Waals surface area (Å²) >= 11 is 6.39. The van der Waals surface area contributed by atoms with Crippen molar-refractivity contribution in [2.24, 2.45) is 0 Å². The number of anilines is 2. The van der Waals surface area contributed by atoms with E-state index in [1.807, 2.05) is 42.5 Å². The minimum Gasteiger partial charge on any atom is -0.456 e. The Bertz CT molecular complexity index is 1450. The molecule has 5 heteroatoms. The van der Waals surface area contributed by atoms with Gasteiger partial charge < -0.3 is 14.4 Å². The zero-order chi connectivity index (χ0) is 23.4. The topological polar surface area (TPSA) is 38.8 Å². The van der Waals surface area contributed by atoms with Gasteiger partial charge in [-0.15, -0.1) is 0 Å². The first-order valence-corrected chi connectivity index (χ1v) is 11.7. The molecule has 0 amide bonds. The molecule has 2 aliphatic rings. The smallest absolute Gasteiger partial charge is 0.340 e. The molecule has 168 valence electrons. The molecule has 0 saturated heterocycles. The van der Waals surface area contributed by atoms with E-state index < -0.39 is 5.60 Å². The van der Waals surface area contributed by atoms with Crippen molar-refractivity contribution in [1.82, 2.24) is 0 Å². The average molecular weight is 468 g/mol. The van der Waals surface area contributed by atoms with Crippen LogP contribution in [0.5, 0.6) is 11.5 Å². The summed E-state index contributed by atoms with van der Waals surface area (Å²) in [5, 5.41) is 0.554. The fourth-order valence-electron chi connectivity index (χ4n) is 5.04. The van der Waals surface area contributed by atoms with Crippen molar-refractivity contribution in [2.45, 2.75) is 19.4 Å². The molecule has 0 aliphatic carbocycles. The van der Waals surface area contributed by atoms with Crippen LogP contribution in [0.15, 0.2) is 84.9 Å². The van der Waals surface area contributed by atoms with Crippen LogP contribution in [0, 0.1) is 6.92 Å². The second-order valence-corrected chi connectivity index (χ2v) is 9.06. The van der Waals surface area contributed by atoms with Crippen LogP contribution in [0.3, 0.4) is 0 Å². The van der Waals surface area contributed by atoms with Gasteiger partial charge in [0.2, 0.25) is 0 Å². The minimum absolute atomic E-state index is 0.353. The lowest BCUT2D eigenvalue weighted by Gasteiger charge is -2.37. The van der Waals surface area contributed by atoms with Crippen molar-refractivity contribution in [2.75, 3.05) is 11.4 Å². The average Bonchev–Trinajstić information content (AvgIpc) is 3.14. The van der Waals surface area contributed by atoms with E-state index in [1.54, 1.807) is 12.1 Å². The SMILES string of the molecule is CCN(c1ccc(C)cc1)c1ccc2c(c1)Oc1ccc(Cl)cc1C21OC(=O)c2ccccc21. The minimum atomic E-state index is -1.11. The summed E-state index contributed by atoms with van der Waals surface area (Å²) in [5.74, 6) is 0.924. The number of carbonyl (C=O) groups is 1. The fourth-order valence-corrected chi connectivity index (χ4v) is 5.21. The van der Waals surface area contributed by atoms with E-state index in [0.29, 0.717) is 22.1 Å². The third-order valence-electron chi connectivity index (χ3n) is 6.63. The van der Waals surface area contributed by atoms with Crippen LogP contribution in [-0.4, -0.2) is 12.5 Å². The maximum atomic E-state index is 13.0. The molecule has 2 aliphatic heterocycles. The van der Waals surface area contributed by atoms with E-state index in [-0.39, 0.29) is 5.97 Å². The first-order valence-electron chi connectivity index (χ1n) is 11.3. The normalized spacial score (nSPS) is 17.4. The Morgan fingerprint density at radius 3 is 2.38 bits per heavy atom. The Balaban J connectivity index is 1.56. The highest BCUT2D eigenvalue weighted by Gasteiger charge is 2.53. The summed E-state index contributed by atoms with van der Waals surface area (Å²) in [6, 6.07) is 27.5. The molecule has 1 spiro atoms. The number of ether oxygens (including phenoxy) is 2. The van der Waals surface area contributed by atoms with Gasteiger partial charge in [-0.2, -0.15) is 0 Å². The van der Waals surface area contributed by atoms with Crippen molar-refractivity contribution in [3.05, 3.63) is 118 Å². The summed E-state index contributed by atoms with van der Waals surface area (Å²) in [5.41, 5.74) is 5.06. The van der Waals surface area contributed by atoms with Crippen molar-refractivity contribution in [3.63, 3.8) is 0 Å². The van der Waals surface area contributed by atoms with Crippen LogP contribution in [0.2, 0.25) is 5.02 Å². The second-order valence-electron chi connectivity index (χ2n) is 8.62. The van der Waals surface area contributed by atoms with Crippen molar-refractivity contribution >= 4 is 28.9 Å². The maximum Gasteiger partial charge on any atom is 0.340 e. The maximum absolute atomic E-state index is 13.0. The summed E-state index contributed by atoms with van der Waals surface area (Å²) < 4.78 is 12.6. The van der Waals surface area contributed by atoms with E-state index in [4.69, 9.17) is 21.1 Å².